The van der Waals surface area contributed by atoms with Crippen LogP contribution in [0.2, 0.25) is 0 Å². The normalized spacial score (nSPS) is 11.1. The van der Waals surface area contributed by atoms with Gasteiger partial charge in [-0.25, -0.2) is 4.98 Å². The van der Waals surface area contributed by atoms with Crippen LogP contribution in [0.1, 0.15) is 11.1 Å². The van der Waals surface area contributed by atoms with Gasteiger partial charge < -0.3 is 9.47 Å². The molecule has 0 radical (unpaired) electrons. The summed E-state index contributed by atoms with van der Waals surface area (Å²) in [7, 11) is 0. The second kappa shape index (κ2) is 8.61. The number of alkyl halides is 3. The highest BCUT2D eigenvalue weighted by atomic mass is 19.4. The molecule has 6 heteroatoms. The van der Waals surface area contributed by atoms with Gasteiger partial charge in [0.15, 0.2) is 6.61 Å². The predicted octanol–water partition coefficient (Wildman–Crippen LogP) is 5.91. The van der Waals surface area contributed by atoms with Crippen molar-refractivity contribution < 1.29 is 22.6 Å². The Bertz CT molecular complexity index is 923. The summed E-state index contributed by atoms with van der Waals surface area (Å²) >= 11 is 0. The first-order valence-corrected chi connectivity index (χ1v) is 8.54. The zero-order valence-corrected chi connectivity index (χ0v) is 14.9. The van der Waals surface area contributed by atoms with E-state index < -0.39 is 12.8 Å². The molecule has 0 fully saturated rings. The molecule has 1 aromatic heterocycles. The van der Waals surface area contributed by atoms with Crippen LogP contribution in [-0.4, -0.2) is 17.8 Å². The van der Waals surface area contributed by atoms with Gasteiger partial charge in [-0.3, -0.25) is 0 Å². The van der Waals surface area contributed by atoms with Crippen molar-refractivity contribution in [2.75, 3.05) is 6.61 Å². The third-order valence-corrected chi connectivity index (χ3v) is 3.91. The van der Waals surface area contributed by atoms with Crippen molar-refractivity contribution in [3.05, 3.63) is 84.6 Å². The number of pyridine rings is 1. The van der Waals surface area contributed by atoms with Gasteiger partial charge >= 0.3 is 6.18 Å². The highest BCUT2D eigenvalue weighted by molar-refractivity contribution is 5.73. The minimum Gasteiger partial charge on any atom is -0.483 e. The van der Waals surface area contributed by atoms with Gasteiger partial charge in [0.1, 0.15) is 12.4 Å². The fourth-order valence-corrected chi connectivity index (χ4v) is 2.54. The number of halogens is 3. The molecule has 0 aliphatic carbocycles. The number of hydrogen-bond acceptors (Lipinski definition) is 3. The molecule has 0 unspecified atom stereocenters. The molecule has 0 saturated carbocycles. The third kappa shape index (κ3) is 5.36. The van der Waals surface area contributed by atoms with E-state index in [0.29, 0.717) is 23.6 Å². The van der Waals surface area contributed by atoms with Crippen molar-refractivity contribution in [2.24, 2.45) is 0 Å². The molecule has 0 amide bonds. The first-order valence-electron chi connectivity index (χ1n) is 8.54. The largest absolute Gasteiger partial charge is 0.483 e. The SMILES string of the molecule is C=Cc1ccc(OCC(F)(F)F)c(-c2ccc(OCc3ccccc3)nc2)c1. The van der Waals surface area contributed by atoms with Crippen molar-refractivity contribution in [1.29, 1.82) is 0 Å². The Balaban J connectivity index is 1.78. The molecule has 144 valence electrons. The minimum atomic E-state index is -4.41. The Morgan fingerprint density at radius 3 is 2.39 bits per heavy atom. The number of benzene rings is 2. The summed E-state index contributed by atoms with van der Waals surface area (Å²) in [6, 6.07) is 17.9. The Labute approximate surface area is 161 Å². The number of aromatic nitrogens is 1. The Kier molecular flexibility index (Phi) is 5.99. The molecule has 0 aliphatic heterocycles. The summed E-state index contributed by atoms with van der Waals surface area (Å²) in [4.78, 5) is 4.25. The molecule has 3 aromatic rings. The van der Waals surface area contributed by atoms with Crippen molar-refractivity contribution in [3.63, 3.8) is 0 Å². The summed E-state index contributed by atoms with van der Waals surface area (Å²) in [5.41, 5.74) is 2.89. The molecular weight excluding hydrogens is 367 g/mol. The topological polar surface area (TPSA) is 31.4 Å². The van der Waals surface area contributed by atoms with E-state index >= 15 is 0 Å². The first kappa shape index (κ1) is 19.5. The first-order chi connectivity index (χ1) is 13.4. The summed E-state index contributed by atoms with van der Waals surface area (Å²) in [5.74, 6) is 0.549. The highest BCUT2D eigenvalue weighted by Crippen LogP contribution is 2.33. The summed E-state index contributed by atoms with van der Waals surface area (Å²) in [6.45, 7) is 2.70. The molecular formula is C22H18F3NO2. The zero-order valence-electron chi connectivity index (χ0n) is 14.9. The Morgan fingerprint density at radius 2 is 1.75 bits per heavy atom. The molecule has 3 nitrogen and oxygen atoms in total. The summed E-state index contributed by atoms with van der Waals surface area (Å²) < 4.78 is 48.2. The van der Waals surface area contributed by atoms with Crippen molar-refractivity contribution in [3.8, 4) is 22.8 Å². The molecule has 0 saturated heterocycles. The lowest BCUT2D eigenvalue weighted by molar-refractivity contribution is -0.153. The molecule has 2 aromatic carbocycles. The van der Waals surface area contributed by atoms with Crippen LogP contribution in [-0.2, 0) is 6.61 Å². The van der Waals surface area contributed by atoms with Gasteiger partial charge in [-0.15, -0.1) is 0 Å². The van der Waals surface area contributed by atoms with E-state index in [1.165, 1.54) is 6.07 Å². The lowest BCUT2D eigenvalue weighted by Crippen LogP contribution is -2.19. The highest BCUT2D eigenvalue weighted by Gasteiger charge is 2.29. The van der Waals surface area contributed by atoms with Crippen LogP contribution in [0.15, 0.2) is 73.4 Å². The van der Waals surface area contributed by atoms with E-state index in [1.54, 1.807) is 36.5 Å². The van der Waals surface area contributed by atoms with E-state index in [4.69, 9.17) is 9.47 Å². The lowest BCUT2D eigenvalue weighted by atomic mass is 10.0. The lowest BCUT2D eigenvalue weighted by Gasteiger charge is -2.14. The quantitative estimate of drug-likeness (QED) is 0.507. The van der Waals surface area contributed by atoms with Crippen LogP contribution in [0.4, 0.5) is 13.2 Å². The van der Waals surface area contributed by atoms with Gasteiger partial charge in [-0.2, -0.15) is 13.2 Å². The van der Waals surface area contributed by atoms with Gasteiger partial charge in [0, 0.05) is 23.4 Å². The van der Waals surface area contributed by atoms with Gasteiger partial charge in [0.05, 0.1) is 0 Å². The van der Waals surface area contributed by atoms with Crippen molar-refractivity contribution >= 4 is 6.08 Å². The van der Waals surface area contributed by atoms with Crippen LogP contribution >= 0.6 is 0 Å². The maximum Gasteiger partial charge on any atom is 0.422 e. The number of rotatable bonds is 7. The van der Waals surface area contributed by atoms with Crippen LogP contribution < -0.4 is 9.47 Å². The maximum absolute atomic E-state index is 12.5. The summed E-state index contributed by atoms with van der Waals surface area (Å²) in [6.07, 6.45) is -1.26. The average molecular weight is 385 g/mol. The van der Waals surface area contributed by atoms with E-state index in [1.807, 2.05) is 30.3 Å². The summed E-state index contributed by atoms with van der Waals surface area (Å²) in [5, 5.41) is 0. The van der Waals surface area contributed by atoms with Crippen LogP contribution in [0.25, 0.3) is 17.2 Å². The van der Waals surface area contributed by atoms with Crippen LogP contribution in [0.5, 0.6) is 11.6 Å². The number of nitrogens with zero attached hydrogens (tertiary/aromatic N) is 1. The van der Waals surface area contributed by atoms with E-state index in [2.05, 4.69) is 11.6 Å². The predicted molar refractivity (Wildman–Crippen MR) is 102 cm³/mol. The molecule has 0 N–H and O–H groups in total. The standard InChI is InChI=1S/C22H18F3NO2/c1-2-16-8-10-20(28-15-22(23,24)25)19(12-16)18-9-11-21(26-13-18)27-14-17-6-4-3-5-7-17/h2-13H,1,14-15H2. The third-order valence-electron chi connectivity index (χ3n) is 3.91. The van der Waals surface area contributed by atoms with Gasteiger partial charge in [0.2, 0.25) is 5.88 Å². The Hall–Kier alpha value is -3.28. The van der Waals surface area contributed by atoms with Gasteiger partial charge in [-0.05, 0) is 29.3 Å². The van der Waals surface area contributed by atoms with Gasteiger partial charge in [-0.1, -0.05) is 49.1 Å². The molecule has 3 rings (SSSR count). The molecule has 0 spiro atoms. The molecule has 0 bridgehead atoms. The zero-order chi connectivity index (χ0) is 20.0. The molecule has 28 heavy (non-hydrogen) atoms. The van der Waals surface area contributed by atoms with Crippen LogP contribution in [0.3, 0.4) is 0 Å². The average Bonchev–Trinajstić information content (AvgIpc) is 2.71. The Morgan fingerprint density at radius 1 is 0.964 bits per heavy atom. The molecule has 1 heterocycles. The smallest absolute Gasteiger partial charge is 0.422 e. The molecule has 0 atom stereocenters. The van der Waals surface area contributed by atoms with E-state index in [9.17, 15) is 13.2 Å². The molecule has 0 aliphatic rings. The number of ether oxygens (including phenoxy) is 2. The minimum absolute atomic E-state index is 0.127. The van der Waals surface area contributed by atoms with Crippen molar-refractivity contribution in [1.82, 2.24) is 4.98 Å². The second-order valence-corrected chi connectivity index (χ2v) is 6.02. The van der Waals surface area contributed by atoms with E-state index in [-0.39, 0.29) is 5.75 Å². The van der Waals surface area contributed by atoms with Crippen molar-refractivity contribution in [2.45, 2.75) is 12.8 Å². The number of hydrogen-bond donors (Lipinski definition) is 0. The second-order valence-electron chi connectivity index (χ2n) is 6.02. The fourth-order valence-electron chi connectivity index (χ4n) is 2.54. The van der Waals surface area contributed by atoms with Crippen LogP contribution in [0, 0.1) is 0 Å². The maximum atomic E-state index is 12.5. The van der Waals surface area contributed by atoms with Gasteiger partial charge in [0.25, 0.3) is 0 Å². The van der Waals surface area contributed by atoms with E-state index in [0.717, 1.165) is 11.1 Å². The monoisotopic (exact) mass is 385 g/mol. The fraction of sp³-hybridized carbons (Fsp3) is 0.136.